The molecule has 1 aliphatic rings. The van der Waals surface area contributed by atoms with Crippen molar-refractivity contribution in [1.29, 1.82) is 0 Å². The highest BCUT2D eigenvalue weighted by Crippen LogP contribution is 2.43. The molecule has 1 aliphatic heterocycles. The zero-order chi connectivity index (χ0) is 31.5. The van der Waals surface area contributed by atoms with Gasteiger partial charge in [-0.2, -0.15) is 0 Å². The lowest BCUT2D eigenvalue weighted by molar-refractivity contribution is -0.160. The largest absolute Gasteiger partial charge is 0.490 e. The molecule has 10 heteroatoms. The maximum atomic E-state index is 13.3. The van der Waals surface area contributed by atoms with Crippen molar-refractivity contribution in [3.05, 3.63) is 64.8 Å². The maximum Gasteiger partial charge on any atom is 0.337 e. The lowest BCUT2D eigenvalue weighted by Crippen LogP contribution is -2.39. The van der Waals surface area contributed by atoms with Crippen LogP contribution in [-0.4, -0.2) is 59.9 Å². The molecule has 1 saturated heterocycles. The van der Waals surface area contributed by atoms with E-state index in [-0.39, 0.29) is 10.4 Å². The SMILES string of the molecule is Cc1ncc(-c2ccc(N(C)CCOc3ccc(F)cc3Cl)cn2)c(N2CCC(C)(C)CC2)c1[C@H](OC(C)(C)C)C(=O)O. The van der Waals surface area contributed by atoms with Crippen LogP contribution in [0.5, 0.6) is 5.75 Å². The Hall–Kier alpha value is -3.43. The van der Waals surface area contributed by atoms with Crippen LogP contribution in [0.4, 0.5) is 15.8 Å². The Balaban J connectivity index is 1.64. The number of ether oxygens (including phenoxy) is 2. The molecule has 43 heavy (non-hydrogen) atoms. The van der Waals surface area contributed by atoms with Gasteiger partial charge >= 0.3 is 5.97 Å². The fourth-order valence-corrected chi connectivity index (χ4v) is 5.38. The van der Waals surface area contributed by atoms with Gasteiger partial charge in [0.05, 0.1) is 40.4 Å². The standard InChI is InChI=1S/C33H42ClFN4O4/c1-21-28(30(31(40)41)43-32(2,3)4)29(39-14-12-33(5,6)13-15-39)24(20-36-21)26-10-9-23(19-37-26)38(7)16-17-42-27-11-8-22(35)18-25(27)34/h8-11,18-20,30H,12-17H2,1-7H3,(H,40,41)/t30-/m0/s1. The molecule has 1 N–H and O–H groups in total. The third-order valence-electron chi connectivity index (χ3n) is 7.72. The van der Waals surface area contributed by atoms with E-state index in [2.05, 4.69) is 23.7 Å². The Kier molecular flexibility index (Phi) is 9.86. The average Bonchev–Trinajstić information content (AvgIpc) is 2.92. The van der Waals surface area contributed by atoms with Gasteiger partial charge in [0.2, 0.25) is 0 Å². The van der Waals surface area contributed by atoms with Crippen LogP contribution in [0.15, 0.2) is 42.7 Å². The van der Waals surface area contributed by atoms with Crippen LogP contribution in [-0.2, 0) is 9.53 Å². The molecule has 0 unspecified atom stereocenters. The van der Waals surface area contributed by atoms with E-state index in [1.807, 2.05) is 51.8 Å². The monoisotopic (exact) mass is 612 g/mol. The molecule has 3 heterocycles. The molecule has 1 fully saturated rings. The molecule has 0 aliphatic carbocycles. The van der Waals surface area contributed by atoms with Gasteiger partial charge in [-0.3, -0.25) is 9.97 Å². The number of pyridine rings is 2. The first-order valence-electron chi connectivity index (χ1n) is 14.6. The van der Waals surface area contributed by atoms with Crippen LogP contribution in [0.2, 0.25) is 5.02 Å². The Labute approximate surface area is 258 Å². The van der Waals surface area contributed by atoms with E-state index in [9.17, 15) is 14.3 Å². The molecular formula is C33H42ClFN4O4. The van der Waals surface area contributed by atoms with E-state index in [1.54, 1.807) is 12.4 Å². The average molecular weight is 613 g/mol. The van der Waals surface area contributed by atoms with Gasteiger partial charge in [-0.1, -0.05) is 25.4 Å². The van der Waals surface area contributed by atoms with Gasteiger partial charge in [0.1, 0.15) is 18.2 Å². The topological polar surface area (TPSA) is 88.0 Å². The quantitative estimate of drug-likeness (QED) is 0.255. The van der Waals surface area contributed by atoms with Crippen LogP contribution in [0, 0.1) is 18.2 Å². The maximum absolute atomic E-state index is 13.3. The highest BCUT2D eigenvalue weighted by molar-refractivity contribution is 6.32. The van der Waals surface area contributed by atoms with Gasteiger partial charge < -0.3 is 24.4 Å². The van der Waals surface area contributed by atoms with E-state index in [4.69, 9.17) is 26.1 Å². The number of aryl methyl sites for hydroxylation is 1. The highest BCUT2D eigenvalue weighted by Gasteiger charge is 2.36. The zero-order valence-electron chi connectivity index (χ0n) is 26.1. The van der Waals surface area contributed by atoms with Crippen molar-refractivity contribution in [2.24, 2.45) is 5.41 Å². The van der Waals surface area contributed by atoms with Gasteiger partial charge in [-0.25, -0.2) is 9.18 Å². The molecular weight excluding hydrogens is 571 g/mol. The summed E-state index contributed by atoms with van der Waals surface area (Å²) in [6.07, 6.45) is 4.34. The minimum Gasteiger partial charge on any atom is -0.490 e. The van der Waals surface area contributed by atoms with Gasteiger partial charge in [-0.15, -0.1) is 0 Å². The first-order chi connectivity index (χ1) is 20.1. The van der Waals surface area contributed by atoms with Crippen molar-refractivity contribution in [1.82, 2.24) is 9.97 Å². The van der Waals surface area contributed by atoms with Crippen LogP contribution in [0.25, 0.3) is 11.3 Å². The zero-order valence-corrected chi connectivity index (χ0v) is 26.8. The van der Waals surface area contributed by atoms with Gasteiger partial charge in [0.25, 0.3) is 0 Å². The number of halogens is 2. The number of carboxylic acids is 1. The molecule has 1 aromatic carbocycles. The minimum atomic E-state index is -1.18. The third-order valence-corrected chi connectivity index (χ3v) is 8.02. The fourth-order valence-electron chi connectivity index (χ4n) is 5.16. The molecule has 3 aromatic rings. The summed E-state index contributed by atoms with van der Waals surface area (Å²) < 4.78 is 25.2. The Bertz CT molecular complexity index is 1430. The summed E-state index contributed by atoms with van der Waals surface area (Å²) in [5.41, 5.74) is 3.88. The van der Waals surface area contributed by atoms with E-state index in [1.165, 1.54) is 18.2 Å². The Morgan fingerprint density at radius 1 is 1.16 bits per heavy atom. The van der Waals surface area contributed by atoms with Gasteiger partial charge in [-0.05, 0) is 76.3 Å². The number of nitrogens with zero attached hydrogens (tertiary/aromatic N) is 4. The molecule has 2 aromatic heterocycles. The first kappa shape index (κ1) is 32.5. The van der Waals surface area contributed by atoms with E-state index in [0.717, 1.165) is 42.9 Å². The van der Waals surface area contributed by atoms with Crippen LogP contribution >= 0.6 is 11.6 Å². The lowest BCUT2D eigenvalue weighted by atomic mass is 9.82. The van der Waals surface area contributed by atoms with Crippen molar-refractivity contribution in [2.45, 2.75) is 66.1 Å². The molecule has 4 rings (SSSR count). The number of likely N-dealkylation sites (N-methyl/N-ethyl adjacent to an activating group) is 1. The molecule has 0 radical (unpaired) electrons. The van der Waals surface area contributed by atoms with Crippen molar-refractivity contribution in [3.63, 3.8) is 0 Å². The molecule has 8 nitrogen and oxygen atoms in total. The number of carbonyl (C=O) groups is 1. The molecule has 1 atom stereocenters. The second-order valence-corrected chi connectivity index (χ2v) is 13.3. The normalized spacial score (nSPS) is 15.7. The summed E-state index contributed by atoms with van der Waals surface area (Å²) in [7, 11) is 1.93. The number of carboxylic acid groups (broad SMARTS) is 1. The van der Waals surface area contributed by atoms with Crippen molar-refractivity contribution in [2.75, 3.05) is 43.1 Å². The number of piperidine rings is 1. The molecule has 0 bridgehead atoms. The summed E-state index contributed by atoms with van der Waals surface area (Å²) in [4.78, 5) is 26.3. The molecule has 0 saturated carbocycles. The molecule has 0 spiro atoms. The Morgan fingerprint density at radius 2 is 1.86 bits per heavy atom. The number of hydrogen-bond donors (Lipinski definition) is 1. The van der Waals surface area contributed by atoms with Crippen LogP contribution in [0.3, 0.4) is 0 Å². The van der Waals surface area contributed by atoms with Crippen LogP contribution in [0.1, 0.15) is 64.8 Å². The number of aliphatic carboxylic acids is 1. The number of anilines is 2. The number of rotatable bonds is 10. The predicted octanol–water partition coefficient (Wildman–Crippen LogP) is 7.33. The predicted molar refractivity (Wildman–Crippen MR) is 169 cm³/mol. The van der Waals surface area contributed by atoms with Crippen molar-refractivity contribution < 1.29 is 23.8 Å². The molecule has 0 amide bonds. The van der Waals surface area contributed by atoms with Crippen molar-refractivity contribution in [3.8, 4) is 17.0 Å². The summed E-state index contributed by atoms with van der Waals surface area (Å²) >= 11 is 6.07. The lowest BCUT2D eigenvalue weighted by Gasteiger charge is -2.40. The third kappa shape index (κ3) is 8.15. The van der Waals surface area contributed by atoms with Crippen LogP contribution < -0.4 is 14.5 Å². The number of aromatic nitrogens is 2. The highest BCUT2D eigenvalue weighted by atomic mass is 35.5. The van der Waals surface area contributed by atoms with E-state index in [0.29, 0.717) is 35.9 Å². The summed E-state index contributed by atoms with van der Waals surface area (Å²) in [5, 5.41) is 10.6. The van der Waals surface area contributed by atoms with E-state index < -0.39 is 23.5 Å². The smallest absolute Gasteiger partial charge is 0.337 e. The second-order valence-electron chi connectivity index (χ2n) is 12.9. The van der Waals surface area contributed by atoms with Crippen molar-refractivity contribution >= 4 is 28.9 Å². The molecule has 232 valence electrons. The first-order valence-corrected chi connectivity index (χ1v) is 14.9. The Morgan fingerprint density at radius 3 is 2.44 bits per heavy atom. The van der Waals surface area contributed by atoms with E-state index >= 15 is 0 Å². The summed E-state index contributed by atoms with van der Waals surface area (Å²) in [5.74, 6) is -1.04. The second kappa shape index (κ2) is 13.1. The fraction of sp³-hybridized carbons (Fsp3) is 0.485. The van der Waals surface area contributed by atoms with Gasteiger partial charge in [0.15, 0.2) is 6.10 Å². The summed E-state index contributed by atoms with van der Waals surface area (Å²) in [6, 6.07) is 7.95. The summed E-state index contributed by atoms with van der Waals surface area (Å²) in [6.45, 7) is 14.4. The minimum absolute atomic E-state index is 0.212. The number of hydrogen-bond acceptors (Lipinski definition) is 7. The number of benzene rings is 1. The van der Waals surface area contributed by atoms with Gasteiger partial charge in [0, 0.05) is 43.2 Å².